The summed E-state index contributed by atoms with van der Waals surface area (Å²) in [4.78, 5) is 28.2. The molecule has 3 heterocycles. The Kier molecular flexibility index (Phi) is 3.62. The van der Waals surface area contributed by atoms with Crippen molar-refractivity contribution >= 4 is 49.6 Å². The van der Waals surface area contributed by atoms with Crippen LogP contribution in [0.3, 0.4) is 0 Å². The SMILES string of the molecule is O=C(O)Cc1nn(Cc2nc3ccccc3s2)c(=O)c2cscc12. The van der Waals surface area contributed by atoms with E-state index in [0.717, 1.165) is 15.2 Å². The maximum absolute atomic E-state index is 12.6. The van der Waals surface area contributed by atoms with Gasteiger partial charge in [0.25, 0.3) is 5.56 Å². The number of benzene rings is 1. The van der Waals surface area contributed by atoms with Crippen LogP contribution in [0.4, 0.5) is 0 Å². The van der Waals surface area contributed by atoms with Crippen LogP contribution in [0.25, 0.3) is 21.0 Å². The van der Waals surface area contributed by atoms with Crippen LogP contribution in [-0.4, -0.2) is 25.8 Å². The summed E-state index contributed by atoms with van der Waals surface area (Å²) in [5.41, 5.74) is 1.06. The zero-order valence-electron chi connectivity index (χ0n) is 12.3. The Labute approximate surface area is 143 Å². The Hall–Kier alpha value is -2.58. The van der Waals surface area contributed by atoms with Gasteiger partial charge in [-0.25, -0.2) is 9.67 Å². The second kappa shape index (κ2) is 5.81. The van der Waals surface area contributed by atoms with Crippen LogP contribution in [0.5, 0.6) is 0 Å². The summed E-state index contributed by atoms with van der Waals surface area (Å²) in [6.07, 6.45) is -0.215. The van der Waals surface area contributed by atoms with Crippen LogP contribution in [0.2, 0.25) is 0 Å². The third-order valence-electron chi connectivity index (χ3n) is 3.62. The van der Waals surface area contributed by atoms with Gasteiger partial charge in [0.05, 0.1) is 34.3 Å². The lowest BCUT2D eigenvalue weighted by Crippen LogP contribution is -2.25. The van der Waals surface area contributed by atoms with Crippen LogP contribution in [0.15, 0.2) is 39.8 Å². The number of para-hydroxylation sites is 1. The van der Waals surface area contributed by atoms with Crippen molar-refractivity contribution in [3.05, 3.63) is 56.1 Å². The normalized spacial score (nSPS) is 11.3. The Morgan fingerprint density at radius 1 is 1.21 bits per heavy atom. The highest BCUT2D eigenvalue weighted by molar-refractivity contribution is 7.18. The molecule has 0 bridgehead atoms. The van der Waals surface area contributed by atoms with Crippen molar-refractivity contribution in [1.82, 2.24) is 14.8 Å². The Morgan fingerprint density at radius 3 is 2.79 bits per heavy atom. The van der Waals surface area contributed by atoms with E-state index in [1.165, 1.54) is 27.4 Å². The number of aliphatic carboxylic acids is 1. The van der Waals surface area contributed by atoms with Gasteiger partial charge >= 0.3 is 5.97 Å². The number of carboxylic acid groups (broad SMARTS) is 1. The molecule has 4 aromatic rings. The van der Waals surface area contributed by atoms with Crippen molar-refractivity contribution in [1.29, 1.82) is 0 Å². The fourth-order valence-corrected chi connectivity index (χ4v) is 4.35. The summed E-state index contributed by atoms with van der Waals surface area (Å²) < 4.78 is 2.35. The summed E-state index contributed by atoms with van der Waals surface area (Å²) in [6, 6.07) is 7.75. The first-order valence-corrected chi connectivity index (χ1v) is 8.90. The molecule has 1 aromatic carbocycles. The van der Waals surface area contributed by atoms with Gasteiger partial charge < -0.3 is 5.11 Å². The molecular weight excluding hydrogens is 346 g/mol. The average Bonchev–Trinajstić information content (AvgIpc) is 3.17. The third kappa shape index (κ3) is 2.59. The molecule has 8 heteroatoms. The Morgan fingerprint density at radius 2 is 2.00 bits per heavy atom. The monoisotopic (exact) mass is 357 g/mol. The molecule has 1 N–H and O–H groups in total. The maximum Gasteiger partial charge on any atom is 0.309 e. The van der Waals surface area contributed by atoms with Gasteiger partial charge in [0.15, 0.2) is 0 Å². The van der Waals surface area contributed by atoms with E-state index in [1.54, 1.807) is 10.8 Å². The van der Waals surface area contributed by atoms with Crippen molar-refractivity contribution in [3.63, 3.8) is 0 Å². The number of nitrogens with zero attached hydrogens (tertiary/aromatic N) is 3. The van der Waals surface area contributed by atoms with E-state index in [4.69, 9.17) is 5.11 Å². The van der Waals surface area contributed by atoms with E-state index < -0.39 is 5.97 Å². The van der Waals surface area contributed by atoms with Crippen LogP contribution in [0, 0.1) is 0 Å². The summed E-state index contributed by atoms with van der Waals surface area (Å²) in [6.45, 7) is 0.233. The number of hydrogen-bond acceptors (Lipinski definition) is 6. The summed E-state index contributed by atoms with van der Waals surface area (Å²) in [5.74, 6) is -0.972. The second-order valence-electron chi connectivity index (χ2n) is 5.25. The third-order valence-corrected chi connectivity index (χ3v) is 5.39. The molecule has 4 rings (SSSR count). The predicted molar refractivity (Wildman–Crippen MR) is 93.9 cm³/mol. The molecule has 6 nitrogen and oxygen atoms in total. The van der Waals surface area contributed by atoms with Crippen molar-refractivity contribution < 1.29 is 9.90 Å². The highest BCUT2D eigenvalue weighted by Crippen LogP contribution is 2.23. The Bertz CT molecular complexity index is 1090. The molecule has 120 valence electrons. The number of thiophene rings is 1. The molecule has 0 fully saturated rings. The molecule has 0 aliphatic carbocycles. The fraction of sp³-hybridized carbons (Fsp3) is 0.125. The first-order chi connectivity index (χ1) is 11.6. The zero-order chi connectivity index (χ0) is 16.7. The number of aromatic nitrogens is 3. The molecule has 0 aliphatic heterocycles. The van der Waals surface area contributed by atoms with Crippen LogP contribution >= 0.6 is 22.7 Å². The van der Waals surface area contributed by atoms with Crippen LogP contribution < -0.4 is 5.56 Å². The van der Waals surface area contributed by atoms with Crippen LogP contribution in [0.1, 0.15) is 10.7 Å². The first kappa shape index (κ1) is 15.0. The van der Waals surface area contributed by atoms with Gasteiger partial charge in [0, 0.05) is 16.1 Å². The van der Waals surface area contributed by atoms with Crippen molar-refractivity contribution in [2.75, 3.05) is 0 Å². The van der Waals surface area contributed by atoms with E-state index in [-0.39, 0.29) is 18.5 Å². The average molecular weight is 357 g/mol. The van der Waals surface area contributed by atoms with Gasteiger partial charge in [-0.15, -0.1) is 11.3 Å². The van der Waals surface area contributed by atoms with Gasteiger partial charge in [-0.1, -0.05) is 12.1 Å². The molecule has 0 aliphatic rings. The number of hydrogen-bond donors (Lipinski definition) is 1. The van der Waals surface area contributed by atoms with E-state index in [2.05, 4.69) is 10.1 Å². The van der Waals surface area contributed by atoms with Gasteiger partial charge in [0.2, 0.25) is 0 Å². The maximum atomic E-state index is 12.6. The molecule has 0 radical (unpaired) electrons. The number of carbonyl (C=O) groups is 1. The number of fused-ring (bicyclic) bond motifs is 2. The molecular formula is C16H11N3O3S2. The minimum absolute atomic E-state index is 0.215. The highest BCUT2D eigenvalue weighted by atomic mass is 32.1. The smallest absolute Gasteiger partial charge is 0.309 e. The summed E-state index contributed by atoms with van der Waals surface area (Å²) in [7, 11) is 0. The van der Waals surface area contributed by atoms with E-state index in [9.17, 15) is 9.59 Å². The minimum atomic E-state index is -0.972. The van der Waals surface area contributed by atoms with Crippen molar-refractivity contribution in [2.45, 2.75) is 13.0 Å². The summed E-state index contributed by atoms with van der Waals surface area (Å²) >= 11 is 2.87. The Balaban J connectivity index is 1.82. The van der Waals surface area contributed by atoms with Gasteiger partial charge in [0.1, 0.15) is 5.01 Å². The quantitative estimate of drug-likeness (QED) is 0.607. The van der Waals surface area contributed by atoms with Crippen molar-refractivity contribution in [2.24, 2.45) is 0 Å². The van der Waals surface area contributed by atoms with Crippen molar-refractivity contribution in [3.8, 4) is 0 Å². The topological polar surface area (TPSA) is 85.1 Å². The number of rotatable bonds is 4. The molecule has 24 heavy (non-hydrogen) atoms. The standard InChI is InChI=1S/C16H11N3O3S2/c20-15(21)5-12-9-7-23-8-10(9)16(22)19(18-12)6-14-17-11-3-1-2-4-13(11)24-14/h1-4,7-8H,5-6H2,(H,20,21). The molecule has 0 unspecified atom stereocenters. The molecule has 0 saturated carbocycles. The molecule has 0 saturated heterocycles. The van der Waals surface area contributed by atoms with Gasteiger partial charge in [-0.2, -0.15) is 16.4 Å². The van der Waals surface area contributed by atoms with E-state index in [0.29, 0.717) is 16.5 Å². The summed E-state index contributed by atoms with van der Waals surface area (Å²) in [5, 5.41) is 18.7. The van der Waals surface area contributed by atoms with E-state index in [1.807, 2.05) is 24.3 Å². The molecule has 0 spiro atoms. The van der Waals surface area contributed by atoms with Gasteiger partial charge in [-0.05, 0) is 12.1 Å². The molecule has 0 atom stereocenters. The largest absolute Gasteiger partial charge is 0.481 e. The number of thiazole rings is 1. The zero-order valence-corrected chi connectivity index (χ0v) is 13.9. The lowest BCUT2D eigenvalue weighted by molar-refractivity contribution is -0.136. The lowest BCUT2D eigenvalue weighted by atomic mass is 10.2. The molecule has 3 aromatic heterocycles. The predicted octanol–water partition coefficient (Wildman–Crippen LogP) is 2.74. The second-order valence-corrected chi connectivity index (χ2v) is 7.11. The highest BCUT2D eigenvalue weighted by Gasteiger charge is 2.15. The number of carboxylic acids is 1. The van der Waals surface area contributed by atoms with E-state index >= 15 is 0 Å². The minimum Gasteiger partial charge on any atom is -0.481 e. The fourth-order valence-electron chi connectivity index (χ4n) is 2.57. The first-order valence-electron chi connectivity index (χ1n) is 7.14. The molecule has 0 amide bonds. The van der Waals surface area contributed by atoms with Gasteiger partial charge in [-0.3, -0.25) is 9.59 Å². The lowest BCUT2D eigenvalue weighted by Gasteiger charge is -2.06. The van der Waals surface area contributed by atoms with Crippen LogP contribution in [-0.2, 0) is 17.8 Å².